The number of halogens is 1. The van der Waals surface area contributed by atoms with Crippen molar-refractivity contribution in [2.45, 2.75) is 46.1 Å². The van der Waals surface area contributed by atoms with Gasteiger partial charge in [-0.1, -0.05) is 26.7 Å². The Morgan fingerprint density at radius 2 is 1.79 bits per heavy atom. The van der Waals surface area contributed by atoms with E-state index < -0.39 is 6.09 Å². The van der Waals surface area contributed by atoms with E-state index in [1.807, 2.05) is 14.1 Å². The van der Waals surface area contributed by atoms with E-state index in [1.165, 1.54) is 4.90 Å². The number of esters is 1. The van der Waals surface area contributed by atoms with Crippen molar-refractivity contribution < 1.29 is 36.0 Å². The predicted molar refractivity (Wildman–Crippen MR) is 104 cm³/mol. The van der Waals surface area contributed by atoms with E-state index in [-0.39, 0.29) is 31.0 Å². The van der Waals surface area contributed by atoms with Crippen LogP contribution in [0.15, 0.2) is 18.3 Å². The summed E-state index contributed by atoms with van der Waals surface area (Å²) in [7, 11) is 7.16. The average molecular weight is 416 g/mol. The minimum absolute atomic E-state index is 0. The highest BCUT2D eigenvalue weighted by atomic mass is 35.5. The third-order valence-electron chi connectivity index (χ3n) is 4.15. The minimum atomic E-state index is -0.456. The Morgan fingerprint density at radius 3 is 2.32 bits per heavy atom. The van der Waals surface area contributed by atoms with Gasteiger partial charge in [0.15, 0.2) is 5.75 Å². The van der Waals surface area contributed by atoms with E-state index in [9.17, 15) is 9.59 Å². The normalized spacial score (nSPS) is 11.0. The van der Waals surface area contributed by atoms with Crippen molar-refractivity contribution >= 4 is 12.1 Å². The van der Waals surface area contributed by atoms with Gasteiger partial charge in [-0.15, -0.1) is 0 Å². The van der Waals surface area contributed by atoms with Gasteiger partial charge in [-0.05, 0) is 25.0 Å². The fourth-order valence-electron chi connectivity index (χ4n) is 2.70. The second kappa shape index (κ2) is 12.6. The van der Waals surface area contributed by atoms with Gasteiger partial charge in [0, 0.05) is 20.3 Å². The first-order valence-electron chi connectivity index (χ1n) is 9.51. The summed E-state index contributed by atoms with van der Waals surface area (Å²) in [5, 5.41) is 0. The number of hydrogen-bond donors (Lipinski definition) is 0. The molecule has 0 atom stereocenters. The van der Waals surface area contributed by atoms with Gasteiger partial charge in [-0.3, -0.25) is 14.3 Å². The van der Waals surface area contributed by atoms with Gasteiger partial charge in [0.1, 0.15) is 12.2 Å². The van der Waals surface area contributed by atoms with Gasteiger partial charge in [-0.25, -0.2) is 4.79 Å². The van der Waals surface area contributed by atoms with Crippen LogP contribution < -0.4 is 17.1 Å². The molecule has 0 fully saturated rings. The molecule has 1 aromatic heterocycles. The van der Waals surface area contributed by atoms with Crippen molar-refractivity contribution in [3.8, 4) is 5.75 Å². The van der Waals surface area contributed by atoms with Crippen molar-refractivity contribution in [1.29, 1.82) is 0 Å². The van der Waals surface area contributed by atoms with Crippen molar-refractivity contribution in [3.63, 3.8) is 0 Å². The van der Waals surface area contributed by atoms with Crippen LogP contribution in [0.25, 0.3) is 0 Å². The highest BCUT2D eigenvalue weighted by Crippen LogP contribution is 2.21. The lowest BCUT2D eigenvalue weighted by molar-refractivity contribution is -0.920. The molecule has 7 nitrogen and oxygen atoms in total. The molecular weight excluding hydrogens is 382 g/mol. The number of hydrogen-bond acceptors (Lipinski definition) is 5. The highest BCUT2D eigenvalue weighted by Gasteiger charge is 2.25. The lowest BCUT2D eigenvalue weighted by Crippen LogP contribution is -3.00. The van der Waals surface area contributed by atoms with Crippen LogP contribution in [0.3, 0.4) is 0 Å². The number of carbonyl (C=O) groups is 2. The Labute approximate surface area is 175 Å². The summed E-state index contributed by atoms with van der Waals surface area (Å²) in [6.45, 7) is 4.86. The van der Waals surface area contributed by atoms with Crippen molar-refractivity contribution in [3.05, 3.63) is 24.0 Å². The molecule has 0 N–H and O–H groups in total. The molecule has 0 saturated carbocycles. The maximum absolute atomic E-state index is 12.4. The molecule has 0 aliphatic carbocycles. The summed E-state index contributed by atoms with van der Waals surface area (Å²) in [5.74, 6) is 0.250. The predicted octanol–water partition coefficient (Wildman–Crippen LogP) is 0.440. The monoisotopic (exact) mass is 415 g/mol. The third-order valence-corrected chi connectivity index (χ3v) is 4.15. The zero-order chi connectivity index (χ0) is 20.4. The van der Waals surface area contributed by atoms with Crippen LogP contribution in [0.5, 0.6) is 5.75 Å². The number of pyridine rings is 1. The quantitative estimate of drug-likeness (QED) is 0.315. The minimum Gasteiger partial charge on any atom is -1.00 e. The summed E-state index contributed by atoms with van der Waals surface area (Å²) < 4.78 is 11.4. The first-order valence-corrected chi connectivity index (χ1v) is 9.51. The number of ether oxygens (including phenoxy) is 2. The van der Waals surface area contributed by atoms with Gasteiger partial charge in [-0.2, -0.15) is 0 Å². The van der Waals surface area contributed by atoms with Gasteiger partial charge in [0.25, 0.3) is 0 Å². The second-order valence-corrected chi connectivity index (χ2v) is 7.67. The standard InChI is InChI=1S/C20H34N3O4.ClH/c1-7-10-16(11-8-2)19(24)26-15-23(5,6)14-17-18(12-9-13-21-17)27-20(25)22(3)4;/h9,12-13,16H,7-8,10-11,14-15H2,1-6H3;1H/q+1;/p-1. The Hall–Kier alpha value is -1.86. The zero-order valence-electron chi connectivity index (χ0n) is 17.9. The lowest BCUT2D eigenvalue weighted by Gasteiger charge is -2.29. The first kappa shape index (κ1) is 26.1. The van der Waals surface area contributed by atoms with E-state index in [1.54, 1.807) is 32.4 Å². The van der Waals surface area contributed by atoms with Gasteiger partial charge < -0.3 is 26.8 Å². The van der Waals surface area contributed by atoms with Crippen LogP contribution in [0.2, 0.25) is 0 Å². The van der Waals surface area contributed by atoms with Crippen molar-refractivity contribution in [2.24, 2.45) is 5.92 Å². The maximum atomic E-state index is 12.4. The molecular formula is C20H34ClN3O4. The number of aromatic nitrogens is 1. The number of nitrogens with zero attached hydrogens (tertiary/aromatic N) is 3. The number of rotatable bonds is 10. The van der Waals surface area contributed by atoms with Gasteiger partial charge in [0.05, 0.1) is 20.0 Å². The van der Waals surface area contributed by atoms with E-state index >= 15 is 0 Å². The first-order chi connectivity index (χ1) is 12.7. The molecule has 0 aromatic carbocycles. The number of carbonyl (C=O) groups excluding carboxylic acids is 2. The van der Waals surface area contributed by atoms with E-state index in [0.29, 0.717) is 22.5 Å². The topological polar surface area (TPSA) is 68.7 Å². The SMILES string of the molecule is CCCC(CCC)C(=O)OC[N+](C)(C)Cc1ncccc1OC(=O)N(C)C.[Cl-]. The molecule has 0 aliphatic heterocycles. The zero-order valence-corrected chi connectivity index (χ0v) is 18.7. The molecule has 1 amide bonds. The molecule has 0 radical (unpaired) electrons. The molecule has 0 unspecified atom stereocenters. The van der Waals surface area contributed by atoms with Crippen LogP contribution in [-0.4, -0.2) is 61.4 Å². The molecule has 0 spiro atoms. The van der Waals surface area contributed by atoms with E-state index in [0.717, 1.165) is 25.7 Å². The molecule has 0 saturated heterocycles. The number of quaternary nitrogens is 1. The molecule has 1 heterocycles. The van der Waals surface area contributed by atoms with E-state index in [4.69, 9.17) is 9.47 Å². The Morgan fingerprint density at radius 1 is 1.18 bits per heavy atom. The largest absolute Gasteiger partial charge is 1.00 e. The molecule has 0 aliphatic rings. The lowest BCUT2D eigenvalue weighted by atomic mass is 9.99. The summed E-state index contributed by atoms with van der Waals surface area (Å²) in [6.07, 6.45) is 4.84. The Balaban J connectivity index is 0.00000729. The van der Waals surface area contributed by atoms with Crippen molar-refractivity contribution in [1.82, 2.24) is 9.88 Å². The molecule has 160 valence electrons. The molecule has 8 heteroatoms. The average Bonchev–Trinajstić information content (AvgIpc) is 2.61. The Kier molecular flexibility index (Phi) is 11.7. The van der Waals surface area contributed by atoms with Gasteiger partial charge >= 0.3 is 12.1 Å². The van der Waals surface area contributed by atoms with Crippen LogP contribution in [0, 0.1) is 5.92 Å². The van der Waals surface area contributed by atoms with Gasteiger partial charge in [0.2, 0.25) is 6.73 Å². The summed E-state index contributed by atoms with van der Waals surface area (Å²) in [6, 6.07) is 3.44. The third kappa shape index (κ3) is 8.89. The fraction of sp³-hybridized carbons (Fsp3) is 0.650. The highest BCUT2D eigenvalue weighted by molar-refractivity contribution is 5.72. The smallest absolute Gasteiger partial charge is 0.414 e. The fourth-order valence-corrected chi connectivity index (χ4v) is 2.70. The summed E-state index contributed by atoms with van der Waals surface area (Å²) in [5.41, 5.74) is 0.646. The molecule has 1 rings (SSSR count). The van der Waals surface area contributed by atoms with E-state index in [2.05, 4.69) is 18.8 Å². The summed E-state index contributed by atoms with van der Waals surface area (Å²) in [4.78, 5) is 29.9. The molecule has 0 bridgehead atoms. The molecule has 1 aromatic rings. The summed E-state index contributed by atoms with van der Waals surface area (Å²) >= 11 is 0. The van der Waals surface area contributed by atoms with Crippen LogP contribution >= 0.6 is 0 Å². The second-order valence-electron chi connectivity index (χ2n) is 7.67. The van der Waals surface area contributed by atoms with Crippen LogP contribution in [0.4, 0.5) is 4.79 Å². The maximum Gasteiger partial charge on any atom is 0.414 e. The number of amides is 1. The Bertz CT molecular complexity index is 617. The van der Waals surface area contributed by atoms with Crippen LogP contribution in [0.1, 0.15) is 45.2 Å². The van der Waals surface area contributed by atoms with Crippen LogP contribution in [-0.2, 0) is 16.1 Å². The van der Waals surface area contributed by atoms with Crippen molar-refractivity contribution in [2.75, 3.05) is 34.9 Å². The molecule has 28 heavy (non-hydrogen) atoms.